The molecular formula is C18H14BrNO7S. The van der Waals surface area contributed by atoms with Crippen molar-refractivity contribution in [3.05, 3.63) is 50.7 Å². The second kappa shape index (κ2) is 8.11. The second-order valence-electron chi connectivity index (χ2n) is 5.57. The van der Waals surface area contributed by atoms with Gasteiger partial charge in [-0.05, 0) is 42.1 Å². The molecule has 1 fully saturated rings. The monoisotopic (exact) mass is 467 g/mol. The zero-order chi connectivity index (χ0) is 20.4. The average Bonchev–Trinajstić information content (AvgIpc) is 3.24. The number of phenols is 1. The maximum Gasteiger partial charge on any atom is 0.373 e. The Balaban J connectivity index is 1.84. The Kier molecular flexibility index (Phi) is 5.80. The fourth-order valence-corrected chi connectivity index (χ4v) is 3.75. The minimum absolute atomic E-state index is 0.0221. The van der Waals surface area contributed by atoms with Crippen LogP contribution in [0.25, 0.3) is 6.08 Å². The van der Waals surface area contributed by atoms with Crippen molar-refractivity contribution in [1.29, 1.82) is 0 Å². The van der Waals surface area contributed by atoms with E-state index in [1.54, 1.807) is 12.1 Å². The number of imide groups is 1. The quantitative estimate of drug-likeness (QED) is 0.522. The molecule has 2 heterocycles. The van der Waals surface area contributed by atoms with Gasteiger partial charge in [0.15, 0.2) is 11.5 Å². The van der Waals surface area contributed by atoms with E-state index in [0.29, 0.717) is 10.0 Å². The Morgan fingerprint density at radius 1 is 1.32 bits per heavy atom. The van der Waals surface area contributed by atoms with Crippen molar-refractivity contribution in [3.63, 3.8) is 0 Å². The molecule has 1 N–H and O–H groups in total. The van der Waals surface area contributed by atoms with E-state index < -0.39 is 17.1 Å². The molecule has 0 aliphatic carbocycles. The lowest BCUT2D eigenvalue weighted by molar-refractivity contribution is -0.123. The van der Waals surface area contributed by atoms with Gasteiger partial charge in [0.05, 0.1) is 25.7 Å². The number of ether oxygens (including phenoxy) is 2. The van der Waals surface area contributed by atoms with Crippen LogP contribution in [0.2, 0.25) is 0 Å². The third kappa shape index (κ3) is 3.92. The Morgan fingerprint density at radius 2 is 2.07 bits per heavy atom. The predicted molar refractivity (Wildman–Crippen MR) is 104 cm³/mol. The number of amides is 2. The van der Waals surface area contributed by atoms with Crippen molar-refractivity contribution in [2.45, 2.75) is 6.54 Å². The molecular weight excluding hydrogens is 454 g/mol. The van der Waals surface area contributed by atoms with Gasteiger partial charge in [-0.2, -0.15) is 0 Å². The maximum atomic E-state index is 12.6. The normalized spacial score (nSPS) is 15.4. The molecule has 2 aromatic rings. The molecule has 0 bridgehead atoms. The molecule has 10 heteroatoms. The predicted octanol–water partition coefficient (Wildman–Crippen LogP) is 3.78. The number of thioether (sulfide) groups is 1. The highest BCUT2D eigenvalue weighted by atomic mass is 79.9. The number of rotatable bonds is 5. The summed E-state index contributed by atoms with van der Waals surface area (Å²) in [6.07, 6.45) is 1.41. The van der Waals surface area contributed by atoms with E-state index in [-0.39, 0.29) is 34.5 Å². The largest absolute Gasteiger partial charge is 0.504 e. The van der Waals surface area contributed by atoms with Crippen LogP contribution in [0.3, 0.4) is 0 Å². The fourth-order valence-electron chi connectivity index (χ4n) is 2.47. The van der Waals surface area contributed by atoms with Crippen molar-refractivity contribution in [1.82, 2.24) is 4.90 Å². The summed E-state index contributed by atoms with van der Waals surface area (Å²) in [6, 6.07) is 6.07. The van der Waals surface area contributed by atoms with E-state index in [1.807, 2.05) is 0 Å². The molecule has 3 rings (SSSR count). The van der Waals surface area contributed by atoms with Crippen LogP contribution < -0.4 is 4.74 Å². The summed E-state index contributed by atoms with van der Waals surface area (Å²) in [7, 11) is 2.63. The summed E-state index contributed by atoms with van der Waals surface area (Å²) in [4.78, 5) is 37.5. The number of carbonyl (C=O) groups excluding carboxylic acids is 3. The van der Waals surface area contributed by atoms with Crippen LogP contribution in [-0.4, -0.2) is 41.3 Å². The Morgan fingerprint density at radius 3 is 2.75 bits per heavy atom. The van der Waals surface area contributed by atoms with Crippen molar-refractivity contribution in [3.8, 4) is 11.5 Å². The molecule has 1 aromatic carbocycles. The molecule has 0 unspecified atom stereocenters. The minimum Gasteiger partial charge on any atom is -0.504 e. The lowest BCUT2D eigenvalue weighted by Gasteiger charge is -2.10. The second-order valence-corrected chi connectivity index (χ2v) is 7.48. The number of nitrogens with zero attached hydrogens (tertiary/aromatic N) is 1. The standard InChI is InChI=1S/C18H14BrNO7S/c1-25-13-7-10(19)5-9(15(13)21)6-14-16(22)20(18(24)28-14)8-11-3-4-12(27-11)17(23)26-2/h3-7,21H,8H2,1-2H3/b14-6+. The highest BCUT2D eigenvalue weighted by Gasteiger charge is 2.36. The van der Waals surface area contributed by atoms with Gasteiger partial charge >= 0.3 is 5.97 Å². The molecule has 1 aliphatic rings. The van der Waals surface area contributed by atoms with Crippen LogP contribution >= 0.6 is 27.7 Å². The highest BCUT2D eigenvalue weighted by Crippen LogP contribution is 2.39. The van der Waals surface area contributed by atoms with E-state index in [2.05, 4.69) is 20.7 Å². The first-order chi connectivity index (χ1) is 13.3. The molecule has 1 saturated heterocycles. The van der Waals surface area contributed by atoms with Crippen LogP contribution in [0, 0.1) is 0 Å². The van der Waals surface area contributed by atoms with Crippen molar-refractivity contribution in [2.75, 3.05) is 14.2 Å². The van der Waals surface area contributed by atoms with E-state index in [9.17, 15) is 19.5 Å². The van der Waals surface area contributed by atoms with Gasteiger partial charge in [0.1, 0.15) is 5.76 Å². The average molecular weight is 468 g/mol. The number of methoxy groups -OCH3 is 2. The molecule has 28 heavy (non-hydrogen) atoms. The zero-order valence-corrected chi connectivity index (χ0v) is 17.1. The van der Waals surface area contributed by atoms with Crippen LogP contribution in [0.15, 0.2) is 38.1 Å². The minimum atomic E-state index is -0.653. The number of halogens is 1. The molecule has 8 nitrogen and oxygen atoms in total. The summed E-state index contributed by atoms with van der Waals surface area (Å²) in [5, 5.41) is 9.74. The first kappa shape index (κ1) is 20.0. The fraction of sp³-hybridized carbons (Fsp3) is 0.167. The van der Waals surface area contributed by atoms with Crippen LogP contribution in [0.5, 0.6) is 11.5 Å². The number of carbonyl (C=O) groups is 3. The lowest BCUT2D eigenvalue weighted by Crippen LogP contribution is -2.27. The first-order valence-corrected chi connectivity index (χ1v) is 9.44. The van der Waals surface area contributed by atoms with Crippen molar-refractivity contribution >= 4 is 50.9 Å². The van der Waals surface area contributed by atoms with E-state index in [4.69, 9.17) is 9.15 Å². The molecule has 0 spiro atoms. The topological polar surface area (TPSA) is 106 Å². The molecule has 0 radical (unpaired) electrons. The van der Waals surface area contributed by atoms with Gasteiger partial charge in [0, 0.05) is 10.0 Å². The van der Waals surface area contributed by atoms with Gasteiger partial charge in [0.25, 0.3) is 11.1 Å². The van der Waals surface area contributed by atoms with Crippen molar-refractivity contribution < 1.29 is 33.4 Å². The van der Waals surface area contributed by atoms with Crippen LogP contribution in [-0.2, 0) is 16.1 Å². The Hall–Kier alpha value is -2.72. The van der Waals surface area contributed by atoms with Gasteiger partial charge in [-0.25, -0.2) is 4.79 Å². The number of benzene rings is 1. The lowest BCUT2D eigenvalue weighted by atomic mass is 10.1. The Bertz CT molecular complexity index is 998. The molecule has 1 aliphatic heterocycles. The molecule has 146 valence electrons. The van der Waals surface area contributed by atoms with Gasteiger partial charge < -0.3 is 19.0 Å². The number of furan rings is 1. The zero-order valence-electron chi connectivity index (χ0n) is 14.7. The first-order valence-electron chi connectivity index (χ1n) is 7.83. The third-order valence-corrected chi connectivity index (χ3v) is 5.18. The summed E-state index contributed by atoms with van der Waals surface area (Å²) >= 11 is 4.04. The van der Waals surface area contributed by atoms with Gasteiger partial charge in [-0.1, -0.05) is 15.9 Å². The number of phenolic OH excluding ortho intramolecular Hbond substituents is 1. The summed E-state index contributed by atoms with van der Waals surface area (Å²) in [5.74, 6) is -0.872. The number of hydrogen-bond acceptors (Lipinski definition) is 8. The third-order valence-electron chi connectivity index (χ3n) is 3.81. The smallest absolute Gasteiger partial charge is 0.373 e. The van der Waals surface area contributed by atoms with Crippen LogP contribution in [0.1, 0.15) is 21.9 Å². The van der Waals surface area contributed by atoms with Gasteiger partial charge in [-0.15, -0.1) is 0 Å². The SMILES string of the molecule is COC(=O)c1ccc(CN2C(=O)S/C(=C/c3cc(Br)cc(OC)c3O)C2=O)o1. The van der Waals surface area contributed by atoms with Crippen molar-refractivity contribution in [2.24, 2.45) is 0 Å². The Labute approximate surface area is 172 Å². The number of hydrogen-bond donors (Lipinski definition) is 1. The molecule has 0 atom stereocenters. The van der Waals surface area contributed by atoms with Gasteiger partial charge in [0.2, 0.25) is 5.76 Å². The van der Waals surface area contributed by atoms with E-state index >= 15 is 0 Å². The summed E-state index contributed by atoms with van der Waals surface area (Å²) in [6.45, 7) is -0.132. The molecule has 1 aromatic heterocycles. The van der Waals surface area contributed by atoms with Crippen LogP contribution in [0.4, 0.5) is 4.79 Å². The van der Waals surface area contributed by atoms with E-state index in [1.165, 1.54) is 32.4 Å². The summed E-state index contributed by atoms with van der Waals surface area (Å²) in [5.41, 5.74) is 0.322. The number of esters is 1. The van der Waals surface area contributed by atoms with E-state index in [0.717, 1.165) is 16.7 Å². The van der Waals surface area contributed by atoms with Gasteiger partial charge in [-0.3, -0.25) is 14.5 Å². The maximum absolute atomic E-state index is 12.6. The number of aromatic hydroxyl groups is 1. The summed E-state index contributed by atoms with van der Waals surface area (Å²) < 4.78 is 15.6. The molecule has 0 saturated carbocycles. The highest BCUT2D eigenvalue weighted by molar-refractivity contribution is 9.10. The molecule has 2 amide bonds.